The molecule has 0 aromatic heterocycles. The number of likely N-dealkylation sites (tertiary alicyclic amines) is 1. The maximum atomic E-state index is 12.5. The monoisotopic (exact) mass is 352 g/mol. The highest BCUT2D eigenvalue weighted by molar-refractivity contribution is 5.85. The van der Waals surface area contributed by atoms with Crippen LogP contribution in [0.4, 0.5) is 0 Å². The van der Waals surface area contributed by atoms with Gasteiger partial charge in [-0.2, -0.15) is 0 Å². The van der Waals surface area contributed by atoms with Crippen molar-refractivity contribution < 1.29 is 9.53 Å². The Morgan fingerprint density at radius 3 is 2.33 bits per heavy atom. The number of nitrogens with one attached hydrogen (secondary N) is 1. The average Bonchev–Trinajstić information content (AvgIpc) is 2.61. The minimum absolute atomic E-state index is 0. The first kappa shape index (κ1) is 19.1. The molecule has 4 nitrogen and oxygen atoms in total. The van der Waals surface area contributed by atoms with Crippen LogP contribution < -0.4 is 10.1 Å². The van der Waals surface area contributed by atoms with E-state index >= 15 is 0 Å². The number of piperidine rings is 2. The molecule has 1 N–H and O–H groups in total. The predicted molar refractivity (Wildman–Crippen MR) is 98.9 cm³/mol. The van der Waals surface area contributed by atoms with Crippen molar-refractivity contribution in [3.8, 4) is 5.75 Å². The first-order valence-corrected chi connectivity index (χ1v) is 8.82. The number of benzene rings is 1. The molecular weight excluding hydrogens is 324 g/mol. The number of methoxy groups -OCH3 is 1. The summed E-state index contributed by atoms with van der Waals surface area (Å²) < 4.78 is 5.17. The molecule has 0 bridgehead atoms. The Bertz CT molecular complexity index is 517. The molecule has 1 spiro atoms. The van der Waals surface area contributed by atoms with Gasteiger partial charge < -0.3 is 15.0 Å². The van der Waals surface area contributed by atoms with Gasteiger partial charge in [-0.3, -0.25) is 4.79 Å². The van der Waals surface area contributed by atoms with E-state index < -0.39 is 0 Å². The van der Waals surface area contributed by atoms with E-state index in [-0.39, 0.29) is 12.4 Å². The van der Waals surface area contributed by atoms with Crippen LogP contribution in [0.2, 0.25) is 0 Å². The van der Waals surface area contributed by atoms with Crippen LogP contribution in [0.3, 0.4) is 0 Å². The van der Waals surface area contributed by atoms with E-state index in [2.05, 4.69) is 10.2 Å². The largest absolute Gasteiger partial charge is 0.497 e. The number of carbonyl (C=O) groups excluding carboxylic acids is 1. The highest BCUT2D eigenvalue weighted by Gasteiger charge is 2.36. The van der Waals surface area contributed by atoms with Crippen LogP contribution in [0.5, 0.6) is 5.75 Å². The SMILES string of the molecule is COc1ccc(CCC(=O)N2CCC3(CCNCC3)CC2)cc1.Cl. The van der Waals surface area contributed by atoms with Gasteiger partial charge in [0, 0.05) is 19.5 Å². The third kappa shape index (κ3) is 4.64. The molecule has 0 radical (unpaired) electrons. The molecule has 3 rings (SSSR count). The maximum absolute atomic E-state index is 12.5. The zero-order valence-electron chi connectivity index (χ0n) is 14.6. The highest BCUT2D eigenvalue weighted by atomic mass is 35.5. The van der Waals surface area contributed by atoms with Crippen LogP contribution in [-0.4, -0.2) is 44.1 Å². The summed E-state index contributed by atoms with van der Waals surface area (Å²) in [7, 11) is 1.67. The number of carbonyl (C=O) groups is 1. The van der Waals surface area contributed by atoms with Gasteiger partial charge in [-0.1, -0.05) is 12.1 Å². The van der Waals surface area contributed by atoms with Crippen molar-refractivity contribution in [2.45, 2.75) is 38.5 Å². The van der Waals surface area contributed by atoms with E-state index in [0.717, 1.165) is 38.3 Å². The summed E-state index contributed by atoms with van der Waals surface area (Å²) in [5, 5.41) is 3.45. The lowest BCUT2D eigenvalue weighted by Gasteiger charge is -2.44. The summed E-state index contributed by atoms with van der Waals surface area (Å²) >= 11 is 0. The molecule has 1 aromatic rings. The normalized spacial score (nSPS) is 19.6. The topological polar surface area (TPSA) is 41.6 Å². The summed E-state index contributed by atoms with van der Waals surface area (Å²) in [6, 6.07) is 8.02. The molecule has 2 saturated heterocycles. The lowest BCUT2D eigenvalue weighted by atomic mass is 9.71. The maximum Gasteiger partial charge on any atom is 0.222 e. The van der Waals surface area contributed by atoms with E-state index in [0.29, 0.717) is 17.7 Å². The first-order valence-electron chi connectivity index (χ1n) is 8.82. The van der Waals surface area contributed by atoms with Crippen LogP contribution in [0.15, 0.2) is 24.3 Å². The predicted octanol–water partition coefficient (Wildman–Crippen LogP) is 3.04. The van der Waals surface area contributed by atoms with Crippen molar-refractivity contribution in [2.75, 3.05) is 33.3 Å². The Balaban J connectivity index is 0.00000208. The van der Waals surface area contributed by atoms with Crippen molar-refractivity contribution >= 4 is 18.3 Å². The Labute approximate surface area is 151 Å². The van der Waals surface area contributed by atoms with Gasteiger partial charge in [0.2, 0.25) is 5.91 Å². The van der Waals surface area contributed by atoms with Gasteiger partial charge in [0.05, 0.1) is 7.11 Å². The summed E-state index contributed by atoms with van der Waals surface area (Å²) in [4.78, 5) is 14.5. The molecule has 0 saturated carbocycles. The number of rotatable bonds is 4. The minimum atomic E-state index is 0. The quantitative estimate of drug-likeness (QED) is 0.905. The summed E-state index contributed by atoms with van der Waals surface area (Å²) in [6.45, 7) is 4.18. The second-order valence-electron chi connectivity index (χ2n) is 6.98. The van der Waals surface area contributed by atoms with Gasteiger partial charge in [0.25, 0.3) is 0 Å². The number of halogens is 1. The molecule has 2 fully saturated rings. The van der Waals surface area contributed by atoms with Crippen molar-refractivity contribution in [3.63, 3.8) is 0 Å². The van der Waals surface area contributed by atoms with Gasteiger partial charge in [-0.15, -0.1) is 12.4 Å². The molecule has 2 aliphatic heterocycles. The number of hydrogen-bond acceptors (Lipinski definition) is 3. The fourth-order valence-electron chi connectivity index (χ4n) is 3.89. The Kier molecular flexibility index (Phi) is 6.93. The Morgan fingerprint density at radius 2 is 1.75 bits per heavy atom. The zero-order valence-corrected chi connectivity index (χ0v) is 15.4. The third-order valence-corrected chi connectivity index (χ3v) is 5.63. The molecule has 2 aliphatic rings. The zero-order chi connectivity index (χ0) is 16.1. The number of ether oxygens (including phenoxy) is 1. The van der Waals surface area contributed by atoms with Crippen molar-refractivity contribution in [1.82, 2.24) is 10.2 Å². The molecule has 0 aliphatic carbocycles. The van der Waals surface area contributed by atoms with Gasteiger partial charge in [-0.25, -0.2) is 0 Å². The minimum Gasteiger partial charge on any atom is -0.497 e. The summed E-state index contributed by atoms with van der Waals surface area (Å²) in [6.07, 6.45) is 6.35. The Morgan fingerprint density at radius 1 is 1.12 bits per heavy atom. The van der Waals surface area contributed by atoms with Crippen LogP contribution in [0.1, 0.15) is 37.7 Å². The second kappa shape index (κ2) is 8.72. The smallest absolute Gasteiger partial charge is 0.222 e. The molecule has 1 aromatic carbocycles. The van der Waals surface area contributed by atoms with Crippen molar-refractivity contribution in [3.05, 3.63) is 29.8 Å². The molecule has 24 heavy (non-hydrogen) atoms. The number of hydrogen-bond donors (Lipinski definition) is 1. The fourth-order valence-corrected chi connectivity index (χ4v) is 3.89. The molecule has 1 amide bonds. The van der Waals surface area contributed by atoms with E-state index in [4.69, 9.17) is 4.74 Å². The van der Waals surface area contributed by atoms with Gasteiger partial charge >= 0.3 is 0 Å². The number of amides is 1. The van der Waals surface area contributed by atoms with E-state index in [9.17, 15) is 4.79 Å². The van der Waals surface area contributed by atoms with Crippen LogP contribution in [-0.2, 0) is 11.2 Å². The average molecular weight is 353 g/mol. The Hall–Kier alpha value is -1.26. The number of aryl methyl sites for hydroxylation is 1. The molecule has 5 heteroatoms. The molecular formula is C19H29ClN2O2. The standard InChI is InChI=1S/C19H28N2O2.ClH/c1-23-17-5-2-16(3-6-17)4-7-18(22)21-14-10-19(11-15-21)8-12-20-13-9-19;/h2-3,5-6,20H,4,7-15H2,1H3;1H. The van der Waals surface area contributed by atoms with Gasteiger partial charge in [-0.05, 0) is 68.3 Å². The molecule has 0 unspecified atom stereocenters. The fraction of sp³-hybridized carbons (Fsp3) is 0.632. The van der Waals surface area contributed by atoms with Crippen LogP contribution >= 0.6 is 12.4 Å². The highest BCUT2D eigenvalue weighted by Crippen LogP contribution is 2.39. The lowest BCUT2D eigenvalue weighted by molar-refractivity contribution is -0.133. The van der Waals surface area contributed by atoms with E-state index in [1.165, 1.54) is 31.2 Å². The molecule has 2 heterocycles. The molecule has 0 atom stereocenters. The third-order valence-electron chi connectivity index (χ3n) is 5.63. The van der Waals surface area contributed by atoms with Crippen LogP contribution in [0, 0.1) is 5.41 Å². The van der Waals surface area contributed by atoms with Crippen LogP contribution in [0.25, 0.3) is 0 Å². The van der Waals surface area contributed by atoms with Gasteiger partial charge in [0.1, 0.15) is 5.75 Å². The van der Waals surface area contributed by atoms with E-state index in [1.54, 1.807) is 7.11 Å². The molecule has 134 valence electrons. The van der Waals surface area contributed by atoms with E-state index in [1.807, 2.05) is 24.3 Å². The summed E-state index contributed by atoms with van der Waals surface area (Å²) in [5.74, 6) is 1.17. The lowest BCUT2D eigenvalue weighted by Crippen LogP contribution is -2.47. The van der Waals surface area contributed by atoms with Crippen molar-refractivity contribution in [1.29, 1.82) is 0 Å². The summed E-state index contributed by atoms with van der Waals surface area (Å²) in [5.41, 5.74) is 1.71. The first-order chi connectivity index (χ1) is 11.2. The van der Waals surface area contributed by atoms with Crippen molar-refractivity contribution in [2.24, 2.45) is 5.41 Å². The second-order valence-corrected chi connectivity index (χ2v) is 6.98. The number of nitrogens with zero attached hydrogens (tertiary/aromatic N) is 1. The van der Waals surface area contributed by atoms with Gasteiger partial charge in [0.15, 0.2) is 0 Å².